The summed E-state index contributed by atoms with van der Waals surface area (Å²) in [5.74, 6) is 1.52. The Labute approximate surface area is 127 Å². The molecular weight excluding hydrogens is 264 g/mol. The second kappa shape index (κ2) is 7.14. The number of hydrogen-bond donors (Lipinski definition) is 2. The summed E-state index contributed by atoms with van der Waals surface area (Å²) in [5.41, 5.74) is 7.17. The van der Waals surface area contributed by atoms with Gasteiger partial charge in [-0.2, -0.15) is 0 Å². The molecule has 3 N–H and O–H groups in total. The number of aromatic hydroxyl groups is 1. The first kappa shape index (κ1) is 16.1. The van der Waals surface area contributed by atoms with Crippen LogP contribution in [0, 0.1) is 5.92 Å². The summed E-state index contributed by atoms with van der Waals surface area (Å²) in [6, 6.07) is 6.34. The van der Waals surface area contributed by atoms with Crippen molar-refractivity contribution in [2.75, 3.05) is 20.2 Å². The molecule has 0 aliphatic carbocycles. The molecule has 0 spiro atoms. The van der Waals surface area contributed by atoms with Crippen LogP contribution in [0.1, 0.15) is 44.7 Å². The summed E-state index contributed by atoms with van der Waals surface area (Å²) in [5, 5.41) is 9.73. The van der Waals surface area contributed by atoms with Gasteiger partial charge < -0.3 is 15.6 Å². The van der Waals surface area contributed by atoms with Gasteiger partial charge in [-0.1, -0.05) is 19.4 Å². The van der Waals surface area contributed by atoms with Crippen molar-refractivity contribution in [3.05, 3.63) is 23.8 Å². The minimum absolute atomic E-state index is 0.188. The van der Waals surface area contributed by atoms with Gasteiger partial charge in [0.1, 0.15) is 0 Å². The smallest absolute Gasteiger partial charge is 0.160 e. The lowest BCUT2D eigenvalue weighted by molar-refractivity contribution is 0.0771. The molecule has 1 aliphatic heterocycles. The van der Waals surface area contributed by atoms with Crippen molar-refractivity contribution in [3.63, 3.8) is 0 Å². The second-order valence-electron chi connectivity index (χ2n) is 6.03. The van der Waals surface area contributed by atoms with E-state index in [0.29, 0.717) is 18.3 Å². The first-order chi connectivity index (χ1) is 10.1. The minimum atomic E-state index is 0.188. The van der Waals surface area contributed by atoms with Crippen LogP contribution < -0.4 is 10.5 Å². The van der Waals surface area contributed by atoms with Gasteiger partial charge in [0.15, 0.2) is 11.5 Å². The van der Waals surface area contributed by atoms with E-state index in [1.165, 1.54) is 19.3 Å². The fourth-order valence-electron chi connectivity index (χ4n) is 3.41. The first-order valence-electron chi connectivity index (χ1n) is 7.93. The number of piperidine rings is 1. The molecular formula is C17H28N2O2. The fraction of sp³-hybridized carbons (Fsp3) is 0.647. The molecule has 1 aromatic carbocycles. The maximum atomic E-state index is 9.73. The number of hydrogen-bond acceptors (Lipinski definition) is 4. The van der Waals surface area contributed by atoms with Crippen molar-refractivity contribution < 1.29 is 9.84 Å². The lowest BCUT2D eigenvalue weighted by Gasteiger charge is -2.42. The summed E-state index contributed by atoms with van der Waals surface area (Å²) in [7, 11) is 1.58. The summed E-state index contributed by atoms with van der Waals surface area (Å²) in [6.07, 6.45) is 3.67. The first-order valence-corrected chi connectivity index (χ1v) is 7.93. The van der Waals surface area contributed by atoms with E-state index in [9.17, 15) is 5.11 Å². The zero-order chi connectivity index (χ0) is 15.4. The lowest BCUT2D eigenvalue weighted by atomic mass is 9.87. The van der Waals surface area contributed by atoms with Crippen molar-refractivity contribution in [1.82, 2.24) is 4.90 Å². The zero-order valence-corrected chi connectivity index (χ0v) is 13.4. The number of ether oxygens (including phenoxy) is 1. The second-order valence-corrected chi connectivity index (χ2v) is 6.03. The maximum Gasteiger partial charge on any atom is 0.160 e. The normalized spacial score (nSPS) is 24.8. The molecule has 0 aromatic heterocycles. The topological polar surface area (TPSA) is 58.7 Å². The molecule has 21 heavy (non-hydrogen) atoms. The van der Waals surface area contributed by atoms with E-state index >= 15 is 0 Å². The number of likely N-dealkylation sites (tertiary alicyclic amines) is 1. The van der Waals surface area contributed by atoms with Crippen molar-refractivity contribution in [2.45, 2.75) is 45.2 Å². The van der Waals surface area contributed by atoms with E-state index in [4.69, 9.17) is 10.5 Å². The van der Waals surface area contributed by atoms with E-state index in [0.717, 1.165) is 18.0 Å². The molecule has 0 radical (unpaired) electrons. The van der Waals surface area contributed by atoms with E-state index in [1.54, 1.807) is 13.2 Å². The quantitative estimate of drug-likeness (QED) is 0.876. The number of methoxy groups -OCH3 is 1. The van der Waals surface area contributed by atoms with Gasteiger partial charge in [0.05, 0.1) is 7.11 Å². The molecule has 0 saturated carbocycles. The van der Waals surface area contributed by atoms with Crippen LogP contribution >= 0.6 is 0 Å². The van der Waals surface area contributed by atoms with Crippen LogP contribution in [0.5, 0.6) is 11.5 Å². The van der Waals surface area contributed by atoms with E-state index in [-0.39, 0.29) is 11.8 Å². The molecule has 1 aromatic rings. The molecule has 3 atom stereocenters. The summed E-state index contributed by atoms with van der Waals surface area (Å²) in [6.45, 7) is 6.27. The molecule has 1 heterocycles. The van der Waals surface area contributed by atoms with Crippen molar-refractivity contribution in [3.8, 4) is 11.5 Å². The molecule has 4 nitrogen and oxygen atoms in total. The molecule has 2 rings (SSSR count). The number of phenolic OH excluding ortho intramolecular Hbond substituents is 1. The molecule has 0 bridgehead atoms. The van der Waals surface area contributed by atoms with Crippen molar-refractivity contribution in [1.29, 1.82) is 0 Å². The Hall–Kier alpha value is -1.26. The molecule has 118 valence electrons. The highest BCUT2D eigenvalue weighted by Crippen LogP contribution is 2.35. The average Bonchev–Trinajstić information content (AvgIpc) is 2.54. The third-order valence-corrected chi connectivity index (χ3v) is 4.90. The fourth-order valence-corrected chi connectivity index (χ4v) is 3.41. The predicted octanol–water partition coefficient (Wildman–Crippen LogP) is 2.91. The Morgan fingerprint density at radius 1 is 1.48 bits per heavy atom. The van der Waals surface area contributed by atoms with Crippen molar-refractivity contribution >= 4 is 0 Å². The molecule has 4 heteroatoms. The van der Waals surface area contributed by atoms with Gasteiger partial charge in [0.25, 0.3) is 0 Å². The Morgan fingerprint density at radius 3 is 2.86 bits per heavy atom. The number of nitrogens with two attached hydrogens (primary N) is 1. The van der Waals surface area contributed by atoms with Crippen LogP contribution in [0.15, 0.2) is 18.2 Å². The van der Waals surface area contributed by atoms with Gasteiger partial charge in [-0.05, 0) is 49.9 Å². The van der Waals surface area contributed by atoms with E-state index in [1.807, 2.05) is 12.1 Å². The molecule has 1 saturated heterocycles. The summed E-state index contributed by atoms with van der Waals surface area (Å²) >= 11 is 0. The van der Waals surface area contributed by atoms with Gasteiger partial charge in [-0.15, -0.1) is 0 Å². The number of nitrogens with zero attached hydrogens (tertiary/aromatic N) is 1. The van der Waals surface area contributed by atoms with E-state index < -0.39 is 0 Å². The van der Waals surface area contributed by atoms with E-state index in [2.05, 4.69) is 18.7 Å². The van der Waals surface area contributed by atoms with Crippen LogP contribution in [0.4, 0.5) is 0 Å². The third kappa shape index (κ3) is 3.50. The van der Waals surface area contributed by atoms with Gasteiger partial charge in [-0.3, -0.25) is 4.90 Å². The lowest BCUT2D eigenvalue weighted by Crippen LogP contribution is -2.47. The monoisotopic (exact) mass is 292 g/mol. The number of benzene rings is 1. The van der Waals surface area contributed by atoms with Gasteiger partial charge in [0, 0.05) is 18.6 Å². The predicted molar refractivity (Wildman–Crippen MR) is 85.6 cm³/mol. The van der Waals surface area contributed by atoms with Crippen LogP contribution in [0.25, 0.3) is 0 Å². The van der Waals surface area contributed by atoms with Gasteiger partial charge in [-0.25, -0.2) is 0 Å². The Kier molecular flexibility index (Phi) is 5.48. The molecule has 1 aliphatic rings. The SMILES string of the molecule is CCC1CCN(C(C)c2ccc(O)c(OC)c2)C(CN)C1. The zero-order valence-electron chi connectivity index (χ0n) is 13.4. The van der Waals surface area contributed by atoms with Gasteiger partial charge >= 0.3 is 0 Å². The van der Waals surface area contributed by atoms with Crippen LogP contribution in [-0.2, 0) is 0 Å². The molecule has 0 amide bonds. The summed E-state index contributed by atoms with van der Waals surface area (Å²) in [4.78, 5) is 2.50. The van der Waals surface area contributed by atoms with Crippen LogP contribution in [0.2, 0.25) is 0 Å². The van der Waals surface area contributed by atoms with Crippen molar-refractivity contribution in [2.24, 2.45) is 11.7 Å². The third-order valence-electron chi connectivity index (χ3n) is 4.90. The molecule has 3 unspecified atom stereocenters. The highest BCUT2D eigenvalue weighted by Gasteiger charge is 2.30. The highest BCUT2D eigenvalue weighted by atomic mass is 16.5. The Bertz CT molecular complexity index is 464. The average molecular weight is 292 g/mol. The summed E-state index contributed by atoms with van der Waals surface area (Å²) < 4.78 is 5.22. The largest absolute Gasteiger partial charge is 0.504 e. The number of phenols is 1. The van der Waals surface area contributed by atoms with Crippen LogP contribution in [0.3, 0.4) is 0 Å². The molecule has 1 fully saturated rings. The Morgan fingerprint density at radius 2 is 2.24 bits per heavy atom. The number of rotatable bonds is 5. The van der Waals surface area contributed by atoms with Crippen LogP contribution in [-0.4, -0.2) is 36.2 Å². The highest BCUT2D eigenvalue weighted by molar-refractivity contribution is 5.42. The maximum absolute atomic E-state index is 9.73. The minimum Gasteiger partial charge on any atom is -0.504 e. The Balaban J connectivity index is 2.16. The van der Waals surface area contributed by atoms with Gasteiger partial charge in [0.2, 0.25) is 0 Å². The standard InChI is InChI=1S/C17H28N2O2/c1-4-13-7-8-19(15(9-13)11-18)12(2)14-5-6-16(20)17(10-14)21-3/h5-6,10,12-13,15,20H,4,7-9,11,18H2,1-3H3.